The predicted molar refractivity (Wildman–Crippen MR) is 74.7 cm³/mol. The zero-order valence-electron chi connectivity index (χ0n) is 11.5. The molecule has 6 heteroatoms. The van der Waals surface area contributed by atoms with Crippen molar-refractivity contribution < 1.29 is 4.79 Å². The van der Waals surface area contributed by atoms with Gasteiger partial charge in [0.25, 0.3) is 5.91 Å². The monoisotopic (exact) mass is 263 g/mol. The fourth-order valence-electron chi connectivity index (χ4n) is 2.35. The number of carbonyl (C=O) groups excluding carboxylic acids is 1. The van der Waals surface area contributed by atoms with Crippen molar-refractivity contribution in [2.45, 2.75) is 18.9 Å². The molecule has 0 spiro atoms. The summed E-state index contributed by atoms with van der Waals surface area (Å²) in [6.07, 6.45) is 3.76. The molecular formula is C13H21N5O. The average Bonchev–Trinajstić information content (AvgIpc) is 2.46. The minimum atomic E-state index is 0.0441. The Morgan fingerprint density at radius 3 is 2.89 bits per heavy atom. The van der Waals surface area contributed by atoms with Crippen LogP contribution >= 0.6 is 0 Å². The van der Waals surface area contributed by atoms with Gasteiger partial charge in [0.1, 0.15) is 5.82 Å². The van der Waals surface area contributed by atoms with E-state index in [1.807, 2.05) is 4.90 Å². The maximum atomic E-state index is 12.4. The van der Waals surface area contributed by atoms with Crippen LogP contribution in [0.25, 0.3) is 0 Å². The fraction of sp³-hybridized carbons (Fsp3) is 0.538. The van der Waals surface area contributed by atoms with Crippen molar-refractivity contribution in [3.8, 4) is 0 Å². The lowest BCUT2D eigenvalue weighted by Gasteiger charge is -2.36. The van der Waals surface area contributed by atoms with E-state index >= 15 is 0 Å². The van der Waals surface area contributed by atoms with E-state index in [-0.39, 0.29) is 5.91 Å². The number of rotatable bonds is 3. The molecule has 0 radical (unpaired) electrons. The third-order valence-corrected chi connectivity index (χ3v) is 3.57. The third kappa shape index (κ3) is 3.21. The van der Waals surface area contributed by atoms with Crippen LogP contribution in [0.15, 0.2) is 18.3 Å². The molecule has 1 unspecified atom stereocenters. The molecule has 2 rings (SSSR count). The Morgan fingerprint density at radius 1 is 1.53 bits per heavy atom. The number of nitrogens with one attached hydrogen (secondary N) is 1. The Kier molecular flexibility index (Phi) is 4.34. The summed E-state index contributed by atoms with van der Waals surface area (Å²) in [4.78, 5) is 20.5. The standard InChI is InChI=1S/C13H21N5O/c1-17(2)11-4-3-7-18(9-11)13(19)10-5-6-12(16-14)15-8-10/h5-6,8,11H,3-4,7,9,14H2,1-2H3,(H,15,16). The molecule has 6 nitrogen and oxygen atoms in total. The first-order valence-corrected chi connectivity index (χ1v) is 6.50. The van der Waals surface area contributed by atoms with Crippen LogP contribution in [0.4, 0.5) is 5.82 Å². The number of nitrogen functional groups attached to an aromatic ring is 1. The molecule has 3 N–H and O–H groups in total. The normalized spacial score (nSPS) is 19.6. The lowest BCUT2D eigenvalue weighted by atomic mass is 10.0. The largest absolute Gasteiger partial charge is 0.337 e. The molecule has 1 fully saturated rings. The van der Waals surface area contributed by atoms with Gasteiger partial charge in [-0.05, 0) is 39.1 Å². The number of amides is 1. The van der Waals surface area contributed by atoms with Crippen molar-refractivity contribution in [2.75, 3.05) is 32.6 Å². The summed E-state index contributed by atoms with van der Waals surface area (Å²) in [6.45, 7) is 1.60. The number of likely N-dealkylation sites (tertiary alicyclic amines) is 1. The number of piperidine rings is 1. The van der Waals surface area contributed by atoms with Crippen LogP contribution < -0.4 is 11.3 Å². The maximum absolute atomic E-state index is 12.4. The Morgan fingerprint density at radius 2 is 2.32 bits per heavy atom. The summed E-state index contributed by atoms with van der Waals surface area (Å²) in [5.74, 6) is 5.86. The minimum Gasteiger partial charge on any atom is -0.337 e. The number of anilines is 1. The number of hydrogen-bond acceptors (Lipinski definition) is 5. The topological polar surface area (TPSA) is 74.5 Å². The predicted octanol–water partition coefficient (Wildman–Crippen LogP) is 0.533. The molecule has 1 amide bonds. The van der Waals surface area contributed by atoms with Crippen LogP contribution in [0.3, 0.4) is 0 Å². The summed E-state index contributed by atoms with van der Waals surface area (Å²) in [7, 11) is 4.11. The molecule has 0 bridgehead atoms. The maximum Gasteiger partial charge on any atom is 0.255 e. The Bertz CT molecular complexity index is 431. The summed E-state index contributed by atoms with van der Waals surface area (Å²) in [6, 6.07) is 3.90. The Hall–Kier alpha value is -1.66. The zero-order chi connectivity index (χ0) is 13.8. The van der Waals surface area contributed by atoms with Crippen molar-refractivity contribution in [1.82, 2.24) is 14.8 Å². The highest BCUT2D eigenvalue weighted by molar-refractivity contribution is 5.94. The lowest BCUT2D eigenvalue weighted by Crippen LogP contribution is -2.47. The highest BCUT2D eigenvalue weighted by atomic mass is 16.2. The summed E-state index contributed by atoms with van der Waals surface area (Å²) < 4.78 is 0. The molecule has 1 aliphatic heterocycles. The Balaban J connectivity index is 2.05. The first-order valence-electron chi connectivity index (χ1n) is 6.50. The first-order chi connectivity index (χ1) is 9.11. The van der Waals surface area contributed by atoms with Crippen LogP contribution in [0, 0.1) is 0 Å². The van der Waals surface area contributed by atoms with Gasteiger partial charge in [-0.3, -0.25) is 4.79 Å². The minimum absolute atomic E-state index is 0.0441. The van der Waals surface area contributed by atoms with E-state index in [1.165, 1.54) is 0 Å². The van der Waals surface area contributed by atoms with Gasteiger partial charge in [0.2, 0.25) is 0 Å². The molecule has 2 heterocycles. The number of aromatic nitrogens is 1. The van der Waals surface area contributed by atoms with Gasteiger partial charge in [0, 0.05) is 25.3 Å². The van der Waals surface area contributed by atoms with E-state index in [2.05, 4.69) is 29.4 Å². The summed E-state index contributed by atoms with van der Waals surface area (Å²) in [5.41, 5.74) is 3.06. The fourth-order valence-corrected chi connectivity index (χ4v) is 2.35. The number of nitrogens with zero attached hydrogens (tertiary/aromatic N) is 3. The number of hydrazine groups is 1. The third-order valence-electron chi connectivity index (χ3n) is 3.57. The molecule has 1 saturated heterocycles. The average molecular weight is 263 g/mol. The number of pyridine rings is 1. The number of hydrogen-bond donors (Lipinski definition) is 2. The van der Waals surface area contributed by atoms with Gasteiger partial charge in [-0.2, -0.15) is 0 Å². The van der Waals surface area contributed by atoms with Gasteiger partial charge in [-0.15, -0.1) is 0 Å². The van der Waals surface area contributed by atoms with E-state index in [0.29, 0.717) is 17.4 Å². The van der Waals surface area contributed by atoms with Gasteiger partial charge < -0.3 is 15.2 Å². The highest BCUT2D eigenvalue weighted by Crippen LogP contribution is 2.16. The first kappa shape index (κ1) is 13.8. The second-order valence-electron chi connectivity index (χ2n) is 5.09. The highest BCUT2D eigenvalue weighted by Gasteiger charge is 2.25. The van der Waals surface area contributed by atoms with Crippen LogP contribution in [0.2, 0.25) is 0 Å². The van der Waals surface area contributed by atoms with E-state index in [4.69, 9.17) is 5.84 Å². The van der Waals surface area contributed by atoms with Crippen molar-refractivity contribution in [3.63, 3.8) is 0 Å². The quantitative estimate of drug-likeness (QED) is 0.615. The molecule has 104 valence electrons. The summed E-state index contributed by atoms with van der Waals surface area (Å²) in [5, 5.41) is 0. The Labute approximate surface area is 113 Å². The van der Waals surface area contributed by atoms with E-state index in [0.717, 1.165) is 25.9 Å². The lowest BCUT2D eigenvalue weighted by molar-refractivity contribution is 0.0635. The van der Waals surface area contributed by atoms with E-state index in [1.54, 1.807) is 18.3 Å². The van der Waals surface area contributed by atoms with Crippen LogP contribution in [0.1, 0.15) is 23.2 Å². The molecule has 19 heavy (non-hydrogen) atoms. The van der Waals surface area contributed by atoms with Crippen molar-refractivity contribution in [1.29, 1.82) is 0 Å². The number of nitrogens with two attached hydrogens (primary N) is 1. The van der Waals surface area contributed by atoms with Crippen molar-refractivity contribution in [3.05, 3.63) is 23.9 Å². The molecule has 1 aromatic heterocycles. The summed E-state index contributed by atoms with van der Waals surface area (Å²) >= 11 is 0. The molecule has 0 aromatic carbocycles. The number of carbonyl (C=O) groups is 1. The van der Waals surface area contributed by atoms with Crippen molar-refractivity contribution in [2.24, 2.45) is 5.84 Å². The van der Waals surface area contributed by atoms with Gasteiger partial charge in [-0.1, -0.05) is 0 Å². The molecule has 1 aromatic rings. The van der Waals surface area contributed by atoms with Crippen LogP contribution in [-0.4, -0.2) is 53.9 Å². The van der Waals surface area contributed by atoms with Crippen LogP contribution in [-0.2, 0) is 0 Å². The zero-order valence-corrected chi connectivity index (χ0v) is 11.5. The second-order valence-corrected chi connectivity index (χ2v) is 5.09. The SMILES string of the molecule is CN(C)C1CCCN(C(=O)c2ccc(NN)nc2)C1. The van der Waals surface area contributed by atoms with Gasteiger partial charge in [-0.25, -0.2) is 10.8 Å². The van der Waals surface area contributed by atoms with Gasteiger partial charge >= 0.3 is 0 Å². The molecular weight excluding hydrogens is 242 g/mol. The molecule has 0 saturated carbocycles. The second kappa shape index (κ2) is 5.99. The van der Waals surface area contributed by atoms with E-state index < -0.39 is 0 Å². The van der Waals surface area contributed by atoms with Gasteiger partial charge in [0.15, 0.2) is 0 Å². The van der Waals surface area contributed by atoms with E-state index in [9.17, 15) is 4.79 Å². The number of likely N-dealkylation sites (N-methyl/N-ethyl adjacent to an activating group) is 1. The molecule has 0 aliphatic carbocycles. The smallest absolute Gasteiger partial charge is 0.255 e. The van der Waals surface area contributed by atoms with Crippen molar-refractivity contribution >= 4 is 11.7 Å². The van der Waals surface area contributed by atoms with Crippen LogP contribution in [0.5, 0.6) is 0 Å². The van der Waals surface area contributed by atoms with Gasteiger partial charge in [0.05, 0.1) is 5.56 Å². The molecule has 1 atom stereocenters. The molecule has 1 aliphatic rings.